The van der Waals surface area contributed by atoms with Gasteiger partial charge in [-0.15, -0.1) is 0 Å². The molecule has 1 aromatic carbocycles. The first-order valence-electron chi connectivity index (χ1n) is 9.45. The average molecular weight is 408 g/mol. The summed E-state index contributed by atoms with van der Waals surface area (Å²) in [6, 6.07) is 8.45. The second-order valence-electron chi connectivity index (χ2n) is 7.42. The van der Waals surface area contributed by atoms with Crippen LogP contribution in [0.4, 0.5) is 0 Å². The van der Waals surface area contributed by atoms with Gasteiger partial charge in [0.25, 0.3) is 0 Å². The van der Waals surface area contributed by atoms with Crippen LogP contribution in [0.2, 0.25) is 0 Å². The molecule has 0 amide bonds. The summed E-state index contributed by atoms with van der Waals surface area (Å²) < 4.78 is 15.8. The van der Waals surface area contributed by atoms with Crippen LogP contribution in [0.5, 0.6) is 0 Å². The highest BCUT2D eigenvalue weighted by molar-refractivity contribution is 7.71. The van der Waals surface area contributed by atoms with Crippen LogP contribution in [0.3, 0.4) is 0 Å². The fraction of sp³-hybridized carbons (Fsp3) is 0.350. The lowest BCUT2D eigenvalue weighted by atomic mass is 9.99. The van der Waals surface area contributed by atoms with Gasteiger partial charge in [-0.25, -0.2) is 9.97 Å². The van der Waals surface area contributed by atoms with Gasteiger partial charge in [-0.05, 0) is 18.9 Å². The van der Waals surface area contributed by atoms with Crippen molar-refractivity contribution in [1.29, 1.82) is 0 Å². The van der Waals surface area contributed by atoms with Gasteiger partial charge in [0.2, 0.25) is 5.89 Å². The molecule has 0 radical (unpaired) electrons. The number of hydrogen-bond donors (Lipinski definition) is 0. The highest BCUT2D eigenvalue weighted by Gasteiger charge is 2.31. The van der Waals surface area contributed by atoms with Crippen molar-refractivity contribution in [2.24, 2.45) is 7.05 Å². The van der Waals surface area contributed by atoms with Crippen molar-refractivity contribution in [1.82, 2.24) is 29.2 Å². The van der Waals surface area contributed by atoms with Gasteiger partial charge in [0.1, 0.15) is 16.7 Å². The smallest absolute Gasteiger partial charge is 0.246 e. The highest BCUT2D eigenvalue weighted by Crippen LogP contribution is 2.37. The van der Waals surface area contributed by atoms with Crippen LogP contribution in [0.15, 0.2) is 41.4 Å². The standard InChI is InChI=1S/C20H20N6O2S/c1-12-3-5-13(6-4-12)15-7-14(9-27-15)18-23-16(28-24-18)8-26-11-22-19-17(20(26)29)25(2)10-21-19/h3-6,10-11,14-15H,7-9H2,1-2H3/t14-,15+/m0/s1. The largest absolute Gasteiger partial charge is 0.373 e. The maximum absolute atomic E-state index is 5.98. The molecule has 5 rings (SSSR count). The van der Waals surface area contributed by atoms with Crippen molar-refractivity contribution in [2.45, 2.75) is 31.9 Å². The minimum atomic E-state index is 0.0626. The molecule has 0 unspecified atom stereocenters. The molecular formula is C20H20N6O2S. The number of hydrogen-bond acceptors (Lipinski definition) is 7. The van der Waals surface area contributed by atoms with Crippen LogP contribution in [0, 0.1) is 11.6 Å². The van der Waals surface area contributed by atoms with Crippen LogP contribution < -0.4 is 0 Å². The number of ether oxygens (including phenoxy) is 1. The van der Waals surface area contributed by atoms with E-state index < -0.39 is 0 Å². The third-order valence-corrected chi connectivity index (χ3v) is 5.73. The summed E-state index contributed by atoms with van der Waals surface area (Å²) in [4.78, 5) is 13.2. The third kappa shape index (κ3) is 3.36. The molecule has 1 fully saturated rings. The molecule has 4 heterocycles. The van der Waals surface area contributed by atoms with Gasteiger partial charge in [0.05, 0.1) is 25.4 Å². The van der Waals surface area contributed by atoms with Gasteiger partial charge in [-0.3, -0.25) is 0 Å². The fourth-order valence-corrected chi connectivity index (χ4v) is 4.00. The zero-order valence-electron chi connectivity index (χ0n) is 16.1. The molecule has 0 saturated carbocycles. The summed E-state index contributed by atoms with van der Waals surface area (Å²) >= 11 is 5.58. The second kappa shape index (κ2) is 7.16. The van der Waals surface area contributed by atoms with E-state index in [9.17, 15) is 0 Å². The van der Waals surface area contributed by atoms with Gasteiger partial charge in [0, 0.05) is 13.0 Å². The normalized spacial score (nSPS) is 19.2. The molecule has 9 heteroatoms. The minimum Gasteiger partial charge on any atom is -0.373 e. The van der Waals surface area contributed by atoms with Gasteiger partial charge >= 0.3 is 0 Å². The van der Waals surface area contributed by atoms with E-state index in [2.05, 4.69) is 51.3 Å². The molecule has 0 bridgehead atoms. The quantitative estimate of drug-likeness (QED) is 0.478. The van der Waals surface area contributed by atoms with Crippen molar-refractivity contribution in [3.8, 4) is 0 Å². The van der Waals surface area contributed by atoms with Crippen molar-refractivity contribution in [2.75, 3.05) is 6.61 Å². The van der Waals surface area contributed by atoms with Crippen LogP contribution in [0.25, 0.3) is 11.2 Å². The lowest BCUT2D eigenvalue weighted by Crippen LogP contribution is -2.06. The van der Waals surface area contributed by atoms with E-state index in [1.807, 2.05) is 16.2 Å². The average Bonchev–Trinajstić information content (AvgIpc) is 3.45. The van der Waals surface area contributed by atoms with Crippen molar-refractivity contribution >= 4 is 23.4 Å². The van der Waals surface area contributed by atoms with Crippen molar-refractivity contribution in [3.05, 3.63) is 64.4 Å². The van der Waals surface area contributed by atoms with Crippen LogP contribution in [-0.4, -0.2) is 35.8 Å². The zero-order chi connectivity index (χ0) is 20.0. The van der Waals surface area contributed by atoms with Crippen LogP contribution in [-0.2, 0) is 18.3 Å². The highest BCUT2D eigenvalue weighted by atomic mass is 32.1. The molecule has 1 aliphatic heterocycles. The summed E-state index contributed by atoms with van der Waals surface area (Å²) in [6.07, 6.45) is 4.26. The second-order valence-corrected chi connectivity index (χ2v) is 7.80. The summed E-state index contributed by atoms with van der Waals surface area (Å²) in [6.45, 7) is 3.03. The molecule has 0 aliphatic carbocycles. The molecule has 1 saturated heterocycles. The fourth-order valence-electron chi connectivity index (χ4n) is 3.65. The van der Waals surface area contributed by atoms with E-state index in [-0.39, 0.29) is 12.0 Å². The van der Waals surface area contributed by atoms with Crippen molar-refractivity contribution in [3.63, 3.8) is 0 Å². The Hall–Kier alpha value is -2.91. The lowest BCUT2D eigenvalue weighted by Gasteiger charge is -2.09. The van der Waals surface area contributed by atoms with Crippen molar-refractivity contribution < 1.29 is 9.26 Å². The summed E-state index contributed by atoms with van der Waals surface area (Å²) in [5, 5.41) is 4.18. The molecule has 4 aromatic rings. The molecule has 2 atom stereocenters. The number of benzene rings is 1. The lowest BCUT2D eigenvalue weighted by molar-refractivity contribution is 0.110. The molecule has 1 aliphatic rings. The number of rotatable bonds is 4. The van der Waals surface area contributed by atoms with Crippen LogP contribution >= 0.6 is 12.2 Å². The number of aryl methyl sites for hydroxylation is 2. The molecule has 3 aromatic heterocycles. The first kappa shape index (κ1) is 18.1. The molecule has 29 heavy (non-hydrogen) atoms. The third-order valence-electron chi connectivity index (χ3n) is 5.30. The van der Waals surface area contributed by atoms with Crippen LogP contribution in [0.1, 0.15) is 41.3 Å². The van der Waals surface area contributed by atoms with E-state index >= 15 is 0 Å². The van der Waals surface area contributed by atoms with Gasteiger partial charge in [-0.2, -0.15) is 4.98 Å². The van der Waals surface area contributed by atoms with E-state index in [1.165, 1.54) is 11.1 Å². The zero-order valence-corrected chi connectivity index (χ0v) is 17.0. The Morgan fingerprint density at radius 3 is 2.79 bits per heavy atom. The number of nitrogens with zero attached hydrogens (tertiary/aromatic N) is 6. The number of fused-ring (bicyclic) bond motifs is 1. The predicted octanol–water partition coefficient (Wildman–Crippen LogP) is 3.48. The Bertz CT molecular complexity index is 1230. The molecule has 148 valence electrons. The van der Waals surface area contributed by atoms with Gasteiger partial charge in [-0.1, -0.05) is 47.2 Å². The summed E-state index contributed by atoms with van der Waals surface area (Å²) in [5.41, 5.74) is 3.87. The Kier molecular flexibility index (Phi) is 4.48. The predicted molar refractivity (Wildman–Crippen MR) is 108 cm³/mol. The maximum atomic E-state index is 5.98. The molecule has 8 nitrogen and oxygen atoms in total. The Balaban J connectivity index is 1.32. The monoisotopic (exact) mass is 408 g/mol. The molecule has 0 spiro atoms. The molecule has 0 N–H and O–H groups in total. The minimum absolute atomic E-state index is 0.0626. The number of imidazole rings is 1. The Morgan fingerprint density at radius 2 is 1.97 bits per heavy atom. The maximum Gasteiger partial charge on any atom is 0.246 e. The molecular weight excluding hydrogens is 388 g/mol. The Morgan fingerprint density at radius 1 is 1.17 bits per heavy atom. The summed E-state index contributed by atoms with van der Waals surface area (Å²) in [7, 11) is 1.90. The Labute approximate surface area is 172 Å². The van der Waals surface area contributed by atoms with Gasteiger partial charge < -0.3 is 18.4 Å². The first-order chi connectivity index (χ1) is 14.1. The van der Waals surface area contributed by atoms with E-state index in [4.69, 9.17) is 21.5 Å². The van der Waals surface area contributed by atoms with E-state index in [1.54, 1.807) is 12.7 Å². The topological polar surface area (TPSA) is 83.8 Å². The van der Waals surface area contributed by atoms with E-state index in [0.29, 0.717) is 35.2 Å². The van der Waals surface area contributed by atoms with Gasteiger partial charge in [0.15, 0.2) is 11.5 Å². The SMILES string of the molecule is Cc1ccc([C@H]2C[C@H](c3noc(Cn4cnc5ncn(C)c5c4=S)n3)CO2)cc1. The number of aromatic nitrogens is 6. The first-order valence-corrected chi connectivity index (χ1v) is 9.86. The summed E-state index contributed by atoms with van der Waals surface area (Å²) in [5.74, 6) is 1.29. The van der Waals surface area contributed by atoms with E-state index in [0.717, 1.165) is 11.9 Å².